The lowest BCUT2D eigenvalue weighted by Crippen LogP contribution is -2.35. The van der Waals surface area contributed by atoms with Gasteiger partial charge in [0.1, 0.15) is 0 Å². The van der Waals surface area contributed by atoms with Crippen LogP contribution in [0.3, 0.4) is 0 Å². The Morgan fingerprint density at radius 3 is 2.45 bits per heavy atom. The van der Waals surface area contributed by atoms with E-state index >= 15 is 0 Å². The van der Waals surface area contributed by atoms with Crippen LogP contribution in [0.15, 0.2) is 46.9 Å². The van der Waals surface area contributed by atoms with E-state index in [4.69, 9.17) is 0 Å². The molecule has 2 amide bonds. The second-order valence-corrected chi connectivity index (χ2v) is 9.89. The van der Waals surface area contributed by atoms with Crippen molar-refractivity contribution in [2.24, 2.45) is 0 Å². The Kier molecular flexibility index (Phi) is 6.28. The second-order valence-electron chi connectivity index (χ2n) is 6.96. The van der Waals surface area contributed by atoms with Crippen LogP contribution in [0, 0.1) is 6.92 Å². The molecule has 0 radical (unpaired) electrons. The van der Waals surface area contributed by atoms with Gasteiger partial charge in [-0.3, -0.25) is 13.9 Å². The van der Waals surface area contributed by atoms with Gasteiger partial charge in [-0.15, -0.1) is 0 Å². The maximum atomic E-state index is 12.6. The molecule has 9 heteroatoms. The summed E-state index contributed by atoms with van der Waals surface area (Å²) in [7, 11) is -1.71. The molecule has 0 bridgehead atoms. The van der Waals surface area contributed by atoms with Crippen LogP contribution in [0.5, 0.6) is 0 Å². The molecule has 2 aromatic carbocycles. The van der Waals surface area contributed by atoms with Gasteiger partial charge in [0, 0.05) is 29.3 Å². The third kappa shape index (κ3) is 4.97. The number of hydrogen-bond donors (Lipinski definition) is 1. The molecule has 29 heavy (non-hydrogen) atoms. The molecule has 1 heterocycles. The number of amides is 2. The van der Waals surface area contributed by atoms with Gasteiger partial charge in [0.2, 0.25) is 15.9 Å². The molecule has 2 aromatic rings. The minimum absolute atomic E-state index is 0.101. The molecular weight excluding hydrogens is 458 g/mol. The monoisotopic (exact) mass is 479 g/mol. The number of nitrogens with one attached hydrogen (secondary N) is 1. The zero-order valence-corrected chi connectivity index (χ0v) is 18.6. The quantitative estimate of drug-likeness (QED) is 0.713. The molecular formula is C20H22BrN3O4S. The summed E-state index contributed by atoms with van der Waals surface area (Å²) in [4.78, 5) is 26.2. The minimum atomic E-state index is -3.26. The zero-order valence-electron chi connectivity index (χ0n) is 16.2. The SMILES string of the molecule is Cc1cc(Br)ccc1NC(=O)CN(C)C(=O)c1ccc(N2CCCS2(=O)=O)cc1. The lowest BCUT2D eigenvalue weighted by atomic mass is 10.1. The van der Waals surface area contributed by atoms with Crippen LogP contribution in [0.1, 0.15) is 22.3 Å². The van der Waals surface area contributed by atoms with Gasteiger partial charge in [-0.05, 0) is 61.4 Å². The molecule has 1 saturated heterocycles. The number of hydrogen-bond acceptors (Lipinski definition) is 4. The van der Waals surface area contributed by atoms with E-state index < -0.39 is 10.0 Å². The summed E-state index contributed by atoms with van der Waals surface area (Å²) in [6, 6.07) is 11.9. The van der Waals surface area contributed by atoms with E-state index in [-0.39, 0.29) is 24.1 Å². The summed E-state index contributed by atoms with van der Waals surface area (Å²) in [6.45, 7) is 2.24. The van der Waals surface area contributed by atoms with Crippen LogP contribution in [0.2, 0.25) is 0 Å². The van der Waals surface area contributed by atoms with E-state index in [0.29, 0.717) is 29.9 Å². The van der Waals surface area contributed by atoms with Gasteiger partial charge in [-0.2, -0.15) is 0 Å². The summed E-state index contributed by atoms with van der Waals surface area (Å²) in [6.07, 6.45) is 0.596. The Balaban J connectivity index is 1.63. The van der Waals surface area contributed by atoms with E-state index in [9.17, 15) is 18.0 Å². The van der Waals surface area contributed by atoms with Crippen LogP contribution in [-0.2, 0) is 14.8 Å². The van der Waals surface area contributed by atoms with Gasteiger partial charge in [0.25, 0.3) is 5.91 Å². The largest absolute Gasteiger partial charge is 0.332 e. The van der Waals surface area contributed by atoms with Crippen LogP contribution >= 0.6 is 15.9 Å². The third-order valence-corrected chi connectivity index (χ3v) is 7.05. The molecule has 0 aromatic heterocycles. The van der Waals surface area contributed by atoms with Crippen LogP contribution in [0.4, 0.5) is 11.4 Å². The third-order valence-electron chi connectivity index (χ3n) is 4.69. The highest BCUT2D eigenvalue weighted by molar-refractivity contribution is 9.10. The van der Waals surface area contributed by atoms with Crippen molar-refractivity contribution < 1.29 is 18.0 Å². The molecule has 1 aliphatic heterocycles. The molecule has 7 nitrogen and oxygen atoms in total. The smallest absolute Gasteiger partial charge is 0.254 e. The number of nitrogens with zero attached hydrogens (tertiary/aromatic N) is 2. The molecule has 154 valence electrons. The molecule has 0 unspecified atom stereocenters. The maximum absolute atomic E-state index is 12.6. The Hall–Kier alpha value is -2.39. The minimum Gasteiger partial charge on any atom is -0.332 e. The first-order valence-electron chi connectivity index (χ1n) is 9.09. The summed E-state index contributed by atoms with van der Waals surface area (Å²) in [5, 5.41) is 2.80. The standard InChI is InChI=1S/C20H22BrN3O4S/c1-14-12-16(21)6-9-18(14)22-19(25)13-23(2)20(26)15-4-7-17(8-5-15)24-10-3-11-29(24,27)28/h4-9,12H,3,10-11,13H2,1-2H3,(H,22,25). The first-order chi connectivity index (χ1) is 13.7. The van der Waals surface area contributed by atoms with Gasteiger partial charge in [0.05, 0.1) is 18.0 Å². The van der Waals surface area contributed by atoms with E-state index in [1.54, 1.807) is 37.4 Å². The average molecular weight is 480 g/mol. The molecule has 1 fully saturated rings. The van der Waals surface area contributed by atoms with Crippen molar-refractivity contribution in [3.8, 4) is 0 Å². The van der Waals surface area contributed by atoms with E-state index in [1.807, 2.05) is 19.1 Å². The fourth-order valence-electron chi connectivity index (χ4n) is 3.16. The van der Waals surface area contributed by atoms with Crippen LogP contribution in [0.25, 0.3) is 0 Å². The molecule has 1 N–H and O–H groups in total. The van der Waals surface area contributed by atoms with Crippen LogP contribution in [-0.4, -0.2) is 51.0 Å². The molecule has 3 rings (SSSR count). The number of carbonyl (C=O) groups excluding carboxylic acids is 2. The van der Waals surface area contributed by atoms with Crippen molar-refractivity contribution in [3.05, 3.63) is 58.1 Å². The Bertz CT molecular complexity index is 1040. The number of benzene rings is 2. The molecule has 0 saturated carbocycles. The number of likely N-dealkylation sites (N-methyl/N-ethyl adjacent to an activating group) is 1. The van der Waals surface area contributed by atoms with Gasteiger partial charge < -0.3 is 10.2 Å². The highest BCUT2D eigenvalue weighted by Crippen LogP contribution is 2.24. The second kappa shape index (κ2) is 8.54. The van der Waals surface area contributed by atoms with Crippen molar-refractivity contribution in [2.45, 2.75) is 13.3 Å². The predicted octanol–water partition coefficient (Wildman–Crippen LogP) is 3.01. The fourth-order valence-corrected chi connectivity index (χ4v) is 5.20. The summed E-state index contributed by atoms with van der Waals surface area (Å²) in [5.74, 6) is -0.474. The normalized spacial score (nSPS) is 15.2. The van der Waals surface area contributed by atoms with E-state index in [1.165, 1.54) is 9.21 Å². The van der Waals surface area contributed by atoms with Gasteiger partial charge in [-0.1, -0.05) is 15.9 Å². The van der Waals surface area contributed by atoms with Crippen molar-refractivity contribution in [3.63, 3.8) is 0 Å². The number of carbonyl (C=O) groups is 2. The number of sulfonamides is 1. The Labute approximate surface area is 178 Å². The fraction of sp³-hybridized carbons (Fsp3) is 0.300. The number of aryl methyl sites for hydroxylation is 1. The van der Waals surface area contributed by atoms with Gasteiger partial charge in [-0.25, -0.2) is 8.42 Å². The summed E-state index contributed by atoms with van der Waals surface area (Å²) in [5.41, 5.74) is 2.54. The molecule has 0 atom stereocenters. The number of rotatable bonds is 5. The highest BCUT2D eigenvalue weighted by atomic mass is 79.9. The first-order valence-corrected chi connectivity index (χ1v) is 11.5. The highest BCUT2D eigenvalue weighted by Gasteiger charge is 2.28. The molecule has 0 spiro atoms. The number of anilines is 2. The summed E-state index contributed by atoms with van der Waals surface area (Å²) >= 11 is 3.38. The topological polar surface area (TPSA) is 86.8 Å². The van der Waals surface area contributed by atoms with Gasteiger partial charge >= 0.3 is 0 Å². The first kappa shape index (κ1) is 21.3. The molecule has 1 aliphatic rings. The Morgan fingerprint density at radius 1 is 1.17 bits per heavy atom. The van der Waals surface area contributed by atoms with E-state index in [2.05, 4.69) is 21.2 Å². The van der Waals surface area contributed by atoms with E-state index in [0.717, 1.165) is 10.0 Å². The van der Waals surface area contributed by atoms with Crippen LogP contribution < -0.4 is 9.62 Å². The average Bonchev–Trinajstić information content (AvgIpc) is 3.02. The summed E-state index contributed by atoms with van der Waals surface area (Å²) < 4.78 is 26.3. The van der Waals surface area contributed by atoms with Crippen molar-refractivity contribution >= 4 is 49.1 Å². The maximum Gasteiger partial charge on any atom is 0.254 e. The number of halogens is 1. The Morgan fingerprint density at radius 2 is 1.86 bits per heavy atom. The zero-order chi connectivity index (χ0) is 21.2. The molecule has 0 aliphatic carbocycles. The lowest BCUT2D eigenvalue weighted by Gasteiger charge is -2.19. The lowest BCUT2D eigenvalue weighted by molar-refractivity contribution is -0.116. The predicted molar refractivity (Wildman–Crippen MR) is 117 cm³/mol. The van der Waals surface area contributed by atoms with Crippen molar-refractivity contribution in [1.82, 2.24) is 4.90 Å². The van der Waals surface area contributed by atoms with Gasteiger partial charge in [0.15, 0.2) is 0 Å². The van der Waals surface area contributed by atoms with Crippen molar-refractivity contribution in [1.29, 1.82) is 0 Å². The van der Waals surface area contributed by atoms with Crippen molar-refractivity contribution in [2.75, 3.05) is 35.5 Å².